The van der Waals surface area contributed by atoms with Gasteiger partial charge >= 0.3 is 0 Å². The smallest absolute Gasteiger partial charge is 0.244 e. The van der Waals surface area contributed by atoms with Gasteiger partial charge in [-0.15, -0.1) is 0 Å². The number of aryl methyl sites for hydroxylation is 1. The van der Waals surface area contributed by atoms with E-state index in [1.807, 2.05) is 29.0 Å². The average Bonchev–Trinajstić information content (AvgIpc) is 3.36. The zero-order chi connectivity index (χ0) is 18.1. The topological polar surface area (TPSA) is 79.4 Å². The molecule has 2 aliphatic heterocycles. The van der Waals surface area contributed by atoms with Crippen molar-refractivity contribution in [3.05, 3.63) is 30.4 Å². The first kappa shape index (κ1) is 17.2. The van der Waals surface area contributed by atoms with Gasteiger partial charge in [-0.2, -0.15) is 10.2 Å². The summed E-state index contributed by atoms with van der Waals surface area (Å²) in [4.78, 5) is 17.1. The molecule has 0 radical (unpaired) electrons. The number of nitrogens with zero attached hydrogens (tertiary/aromatic N) is 6. The molecule has 0 saturated carbocycles. The normalized spacial score (nSPS) is 22.5. The molecular weight excluding hydrogens is 332 g/mol. The lowest BCUT2D eigenvalue weighted by molar-refractivity contribution is -0.122. The number of carbonyl (C=O) groups is 1. The Morgan fingerprint density at radius 2 is 2.00 bits per heavy atom. The number of aromatic nitrogens is 4. The lowest BCUT2D eigenvalue weighted by Gasteiger charge is -2.35. The molecule has 2 aromatic heterocycles. The monoisotopic (exact) mass is 358 g/mol. The quantitative estimate of drug-likeness (QED) is 0.846. The fourth-order valence-electron chi connectivity index (χ4n) is 4.29. The predicted octanol–water partition coefficient (Wildman–Crippen LogP) is 0.594. The molecule has 0 spiro atoms. The van der Waals surface area contributed by atoms with Crippen molar-refractivity contribution in [2.24, 2.45) is 7.05 Å². The molecule has 1 unspecified atom stereocenters. The van der Waals surface area contributed by atoms with E-state index < -0.39 is 0 Å². The van der Waals surface area contributed by atoms with Crippen LogP contribution in [-0.2, 0) is 18.4 Å². The van der Waals surface area contributed by atoms with E-state index in [0.29, 0.717) is 12.5 Å². The molecule has 140 valence electrons. The molecule has 2 fully saturated rings. The number of amides is 1. The number of aliphatic hydroxyl groups excluding tert-OH is 1. The number of hydrogen-bond acceptors (Lipinski definition) is 5. The summed E-state index contributed by atoms with van der Waals surface area (Å²) in [6.07, 6.45) is 8.38. The fraction of sp³-hybridized carbons (Fsp3) is 0.611. The maximum Gasteiger partial charge on any atom is 0.244 e. The minimum atomic E-state index is -0.0153. The van der Waals surface area contributed by atoms with E-state index in [9.17, 15) is 9.90 Å². The molecule has 1 N–H and O–H groups in total. The van der Waals surface area contributed by atoms with E-state index >= 15 is 0 Å². The van der Waals surface area contributed by atoms with Crippen LogP contribution >= 0.6 is 0 Å². The molecule has 8 heteroatoms. The second-order valence-corrected chi connectivity index (χ2v) is 7.18. The Balaban J connectivity index is 1.38. The maximum atomic E-state index is 12.9. The van der Waals surface area contributed by atoms with Crippen LogP contribution in [0.3, 0.4) is 0 Å². The summed E-state index contributed by atoms with van der Waals surface area (Å²) in [6.45, 7) is 3.26. The third kappa shape index (κ3) is 3.14. The summed E-state index contributed by atoms with van der Waals surface area (Å²) < 4.78 is 3.64. The molecule has 26 heavy (non-hydrogen) atoms. The van der Waals surface area contributed by atoms with Crippen LogP contribution in [0.2, 0.25) is 0 Å². The van der Waals surface area contributed by atoms with Crippen LogP contribution in [0, 0.1) is 0 Å². The number of likely N-dealkylation sites (tertiary alicyclic amines) is 1. The summed E-state index contributed by atoms with van der Waals surface area (Å²) in [6, 6.07) is 2.04. The minimum Gasteiger partial charge on any atom is -0.394 e. The largest absolute Gasteiger partial charge is 0.394 e. The van der Waals surface area contributed by atoms with Crippen molar-refractivity contribution >= 4 is 11.6 Å². The van der Waals surface area contributed by atoms with Gasteiger partial charge in [0.1, 0.15) is 0 Å². The van der Waals surface area contributed by atoms with Gasteiger partial charge in [0.2, 0.25) is 5.91 Å². The highest BCUT2D eigenvalue weighted by Gasteiger charge is 2.38. The summed E-state index contributed by atoms with van der Waals surface area (Å²) in [5.74, 6) is 0.646. The summed E-state index contributed by atoms with van der Waals surface area (Å²) in [7, 11) is 1.87. The van der Waals surface area contributed by atoms with Crippen molar-refractivity contribution in [2.75, 3.05) is 31.1 Å². The van der Waals surface area contributed by atoms with Crippen LogP contribution in [-0.4, -0.2) is 67.8 Å². The third-order valence-corrected chi connectivity index (χ3v) is 5.63. The fourth-order valence-corrected chi connectivity index (χ4v) is 4.29. The van der Waals surface area contributed by atoms with Crippen LogP contribution in [0.15, 0.2) is 24.7 Å². The van der Waals surface area contributed by atoms with Gasteiger partial charge < -0.3 is 10.0 Å². The van der Waals surface area contributed by atoms with Gasteiger partial charge in [0.05, 0.1) is 31.1 Å². The van der Waals surface area contributed by atoms with Gasteiger partial charge in [-0.05, 0) is 38.4 Å². The van der Waals surface area contributed by atoms with Gasteiger partial charge in [-0.25, -0.2) is 0 Å². The van der Waals surface area contributed by atoms with Gasteiger partial charge in [-0.3, -0.25) is 19.1 Å². The van der Waals surface area contributed by atoms with Crippen molar-refractivity contribution in [3.8, 4) is 0 Å². The van der Waals surface area contributed by atoms with E-state index in [1.165, 1.54) is 5.69 Å². The highest BCUT2D eigenvalue weighted by molar-refractivity contribution is 5.99. The van der Waals surface area contributed by atoms with Gasteiger partial charge in [0.15, 0.2) is 0 Å². The minimum absolute atomic E-state index is 0.0153. The molecule has 2 aromatic rings. The number of hydrogen-bond donors (Lipinski definition) is 1. The van der Waals surface area contributed by atoms with Crippen LogP contribution in [0.5, 0.6) is 0 Å². The maximum absolute atomic E-state index is 12.9. The molecule has 2 saturated heterocycles. The van der Waals surface area contributed by atoms with Gasteiger partial charge in [-0.1, -0.05) is 0 Å². The lowest BCUT2D eigenvalue weighted by Crippen LogP contribution is -2.45. The van der Waals surface area contributed by atoms with E-state index in [2.05, 4.69) is 21.2 Å². The molecule has 1 amide bonds. The molecule has 4 heterocycles. The Bertz CT molecular complexity index is 761. The molecule has 1 atom stereocenters. The summed E-state index contributed by atoms with van der Waals surface area (Å²) in [5.41, 5.74) is 2.09. The zero-order valence-electron chi connectivity index (χ0n) is 15.2. The molecule has 4 rings (SSSR count). The first-order valence-electron chi connectivity index (χ1n) is 9.34. The molecule has 0 aliphatic carbocycles. The van der Waals surface area contributed by atoms with Crippen LogP contribution in [0.1, 0.15) is 30.9 Å². The van der Waals surface area contributed by atoms with Crippen LogP contribution in [0.25, 0.3) is 0 Å². The Morgan fingerprint density at radius 1 is 1.19 bits per heavy atom. The summed E-state index contributed by atoms with van der Waals surface area (Å²) >= 11 is 0. The standard InChI is InChI=1S/C18H26N6O2/c1-21-13-15(12-20-21)23-9-5-17(18(23)26)22-7-3-14(4-8-22)16-2-6-19-24(16)10-11-25/h2,6,12-14,17,25H,3-5,7-11H2,1H3. The Morgan fingerprint density at radius 3 is 2.69 bits per heavy atom. The van der Waals surface area contributed by atoms with E-state index in [0.717, 1.165) is 44.6 Å². The first-order valence-corrected chi connectivity index (χ1v) is 9.34. The number of piperidine rings is 1. The zero-order valence-corrected chi connectivity index (χ0v) is 15.2. The van der Waals surface area contributed by atoms with Crippen LogP contribution in [0.4, 0.5) is 5.69 Å². The Hall–Kier alpha value is -2.19. The molecule has 2 aliphatic rings. The molecule has 0 bridgehead atoms. The number of rotatable bonds is 5. The predicted molar refractivity (Wildman–Crippen MR) is 96.8 cm³/mol. The molecular formula is C18H26N6O2. The summed E-state index contributed by atoms with van der Waals surface area (Å²) in [5, 5.41) is 17.7. The van der Waals surface area contributed by atoms with Gasteiger partial charge in [0.25, 0.3) is 0 Å². The second kappa shape index (κ2) is 7.20. The SMILES string of the molecule is Cn1cc(N2CCC(N3CCC(c4ccnn4CCO)CC3)C2=O)cn1. The highest BCUT2D eigenvalue weighted by atomic mass is 16.3. The average molecular weight is 358 g/mol. The van der Waals surface area contributed by atoms with Gasteiger partial charge in [0, 0.05) is 37.6 Å². The number of anilines is 1. The van der Waals surface area contributed by atoms with E-state index in [4.69, 9.17) is 0 Å². The number of aliphatic hydroxyl groups is 1. The van der Waals surface area contributed by atoms with Crippen LogP contribution < -0.4 is 4.90 Å². The lowest BCUT2D eigenvalue weighted by atomic mass is 9.92. The van der Waals surface area contributed by atoms with E-state index in [-0.39, 0.29) is 18.6 Å². The molecule has 8 nitrogen and oxygen atoms in total. The van der Waals surface area contributed by atoms with Crippen molar-refractivity contribution < 1.29 is 9.90 Å². The van der Waals surface area contributed by atoms with Crippen molar-refractivity contribution in [3.63, 3.8) is 0 Å². The third-order valence-electron chi connectivity index (χ3n) is 5.63. The highest BCUT2D eigenvalue weighted by Crippen LogP contribution is 2.31. The molecule has 0 aromatic carbocycles. The van der Waals surface area contributed by atoms with Crippen molar-refractivity contribution in [1.82, 2.24) is 24.5 Å². The van der Waals surface area contributed by atoms with Crippen molar-refractivity contribution in [2.45, 2.75) is 37.8 Å². The van der Waals surface area contributed by atoms with E-state index in [1.54, 1.807) is 10.9 Å². The van der Waals surface area contributed by atoms with Crippen molar-refractivity contribution in [1.29, 1.82) is 0 Å². The number of carbonyl (C=O) groups excluding carboxylic acids is 1. The Kier molecular flexibility index (Phi) is 4.78. The first-order chi connectivity index (χ1) is 12.7. The second-order valence-electron chi connectivity index (χ2n) is 7.18. The Labute approximate surface area is 153 Å².